The standard InChI is InChI=1S/C14H27N3S/c1-12(17(2)3)9-15-13-16-10-14(11-18-13)7-5-4-6-8-14/h12H,4-11H2,1-3H3,(H,15,16). The number of thioether (sulfide) groups is 1. The van der Waals surface area contributed by atoms with Crippen molar-refractivity contribution in [3.8, 4) is 0 Å². The summed E-state index contributed by atoms with van der Waals surface area (Å²) in [7, 11) is 4.25. The smallest absolute Gasteiger partial charge is 0.156 e. The van der Waals surface area contributed by atoms with Crippen LogP contribution in [0.2, 0.25) is 0 Å². The zero-order valence-electron chi connectivity index (χ0n) is 12.0. The summed E-state index contributed by atoms with van der Waals surface area (Å²) < 4.78 is 0. The molecule has 1 fully saturated rings. The number of amidine groups is 1. The number of rotatable bonds is 3. The number of likely N-dealkylation sites (N-methyl/N-ethyl adjacent to an activating group) is 1. The van der Waals surface area contributed by atoms with Crippen LogP contribution in [0, 0.1) is 5.41 Å². The Kier molecular flexibility index (Phi) is 4.96. The van der Waals surface area contributed by atoms with Crippen LogP contribution in [-0.2, 0) is 0 Å². The average Bonchev–Trinajstić information content (AvgIpc) is 2.39. The van der Waals surface area contributed by atoms with Gasteiger partial charge in [0.25, 0.3) is 0 Å². The predicted molar refractivity (Wildman–Crippen MR) is 81.4 cm³/mol. The minimum Gasteiger partial charge on any atom is -0.363 e. The molecule has 0 aromatic rings. The van der Waals surface area contributed by atoms with E-state index in [-0.39, 0.29) is 0 Å². The normalized spacial score (nSPS) is 25.0. The van der Waals surface area contributed by atoms with Gasteiger partial charge in [-0.1, -0.05) is 31.0 Å². The molecule has 1 aliphatic heterocycles. The Bertz CT molecular complexity index is 295. The van der Waals surface area contributed by atoms with Crippen LogP contribution in [0.4, 0.5) is 0 Å². The number of nitrogens with zero attached hydrogens (tertiary/aromatic N) is 2. The summed E-state index contributed by atoms with van der Waals surface area (Å²) in [5, 5.41) is 4.66. The van der Waals surface area contributed by atoms with E-state index < -0.39 is 0 Å². The molecule has 1 N–H and O–H groups in total. The maximum Gasteiger partial charge on any atom is 0.156 e. The number of hydrogen-bond acceptors (Lipinski definition) is 4. The van der Waals surface area contributed by atoms with Gasteiger partial charge in [0.05, 0.1) is 0 Å². The van der Waals surface area contributed by atoms with E-state index in [1.54, 1.807) is 0 Å². The Labute approximate surface area is 116 Å². The minimum absolute atomic E-state index is 0.543. The molecule has 1 heterocycles. The molecule has 0 saturated heterocycles. The van der Waals surface area contributed by atoms with Gasteiger partial charge in [-0.3, -0.25) is 4.99 Å². The Morgan fingerprint density at radius 2 is 2.06 bits per heavy atom. The van der Waals surface area contributed by atoms with Gasteiger partial charge in [-0.2, -0.15) is 0 Å². The Morgan fingerprint density at radius 3 is 2.61 bits per heavy atom. The molecular formula is C14H27N3S. The lowest BCUT2D eigenvalue weighted by atomic mass is 9.75. The third-order valence-corrected chi connectivity index (χ3v) is 5.72. The first-order valence-corrected chi connectivity index (χ1v) is 8.17. The van der Waals surface area contributed by atoms with Gasteiger partial charge < -0.3 is 10.2 Å². The molecule has 3 nitrogen and oxygen atoms in total. The summed E-state index contributed by atoms with van der Waals surface area (Å²) >= 11 is 1.94. The van der Waals surface area contributed by atoms with Crippen molar-refractivity contribution >= 4 is 16.9 Å². The highest BCUT2D eigenvalue weighted by atomic mass is 32.2. The molecule has 0 radical (unpaired) electrons. The van der Waals surface area contributed by atoms with E-state index >= 15 is 0 Å². The predicted octanol–water partition coefficient (Wildman–Crippen LogP) is 2.58. The summed E-state index contributed by atoms with van der Waals surface area (Å²) in [5.41, 5.74) is 0.543. The molecule has 0 aromatic heterocycles. The SMILES string of the molecule is CC(CNC1=NCC2(CCCCC2)CS1)N(C)C. The van der Waals surface area contributed by atoms with Gasteiger partial charge in [0.2, 0.25) is 0 Å². The molecule has 18 heavy (non-hydrogen) atoms. The van der Waals surface area contributed by atoms with E-state index in [1.807, 2.05) is 11.8 Å². The van der Waals surface area contributed by atoms with Crippen LogP contribution in [0.25, 0.3) is 0 Å². The summed E-state index contributed by atoms with van der Waals surface area (Å²) in [4.78, 5) is 7.03. The maximum absolute atomic E-state index is 4.79. The topological polar surface area (TPSA) is 27.6 Å². The van der Waals surface area contributed by atoms with Gasteiger partial charge in [0.15, 0.2) is 5.17 Å². The molecular weight excluding hydrogens is 242 g/mol. The van der Waals surface area contributed by atoms with Crippen molar-refractivity contribution in [3.05, 3.63) is 0 Å². The fourth-order valence-electron chi connectivity index (χ4n) is 2.68. The molecule has 2 aliphatic rings. The lowest BCUT2D eigenvalue weighted by molar-refractivity contribution is 0.232. The molecule has 1 spiro atoms. The van der Waals surface area contributed by atoms with Crippen molar-refractivity contribution in [2.24, 2.45) is 10.4 Å². The second kappa shape index (κ2) is 6.29. The third kappa shape index (κ3) is 3.64. The summed E-state index contributed by atoms with van der Waals surface area (Å²) in [6, 6.07) is 0.555. The fourth-order valence-corrected chi connectivity index (χ4v) is 3.85. The van der Waals surface area contributed by atoms with Gasteiger partial charge in [0, 0.05) is 24.9 Å². The molecule has 4 heteroatoms. The van der Waals surface area contributed by atoms with E-state index in [1.165, 1.54) is 43.0 Å². The number of hydrogen-bond donors (Lipinski definition) is 1. The van der Waals surface area contributed by atoms with Crippen LogP contribution in [-0.4, -0.2) is 49.0 Å². The first-order valence-electron chi connectivity index (χ1n) is 7.19. The van der Waals surface area contributed by atoms with Gasteiger partial charge in [0.1, 0.15) is 0 Å². The van der Waals surface area contributed by atoms with Crippen molar-refractivity contribution < 1.29 is 0 Å². The Morgan fingerprint density at radius 1 is 1.33 bits per heavy atom. The summed E-state index contributed by atoms with van der Waals surface area (Å²) in [5.74, 6) is 1.27. The van der Waals surface area contributed by atoms with Gasteiger partial charge in [-0.15, -0.1) is 0 Å². The molecule has 1 unspecified atom stereocenters. The van der Waals surface area contributed by atoms with Crippen LogP contribution in [0.5, 0.6) is 0 Å². The Hall–Kier alpha value is -0.220. The van der Waals surface area contributed by atoms with Crippen molar-refractivity contribution in [3.63, 3.8) is 0 Å². The van der Waals surface area contributed by atoms with E-state index in [2.05, 4.69) is 31.2 Å². The highest BCUT2D eigenvalue weighted by Gasteiger charge is 2.34. The molecule has 1 atom stereocenters. The molecule has 0 amide bonds. The van der Waals surface area contributed by atoms with E-state index in [0.29, 0.717) is 11.5 Å². The van der Waals surface area contributed by atoms with Crippen molar-refractivity contribution in [2.75, 3.05) is 32.9 Å². The van der Waals surface area contributed by atoms with E-state index in [0.717, 1.165) is 13.1 Å². The van der Waals surface area contributed by atoms with E-state index in [9.17, 15) is 0 Å². The van der Waals surface area contributed by atoms with Crippen molar-refractivity contribution in [2.45, 2.75) is 45.1 Å². The van der Waals surface area contributed by atoms with Crippen LogP contribution in [0.15, 0.2) is 4.99 Å². The van der Waals surface area contributed by atoms with Crippen LogP contribution in [0.3, 0.4) is 0 Å². The second-order valence-corrected chi connectivity index (χ2v) is 7.13. The average molecular weight is 269 g/mol. The largest absolute Gasteiger partial charge is 0.363 e. The minimum atomic E-state index is 0.543. The third-order valence-electron chi connectivity index (χ3n) is 4.42. The van der Waals surface area contributed by atoms with Gasteiger partial charge >= 0.3 is 0 Å². The molecule has 104 valence electrons. The quantitative estimate of drug-likeness (QED) is 0.853. The lowest BCUT2D eigenvalue weighted by Crippen LogP contribution is -2.41. The molecule has 0 bridgehead atoms. The molecule has 2 rings (SSSR count). The molecule has 1 aliphatic carbocycles. The van der Waals surface area contributed by atoms with Crippen molar-refractivity contribution in [1.29, 1.82) is 0 Å². The van der Waals surface area contributed by atoms with Gasteiger partial charge in [-0.05, 0) is 39.3 Å². The lowest BCUT2D eigenvalue weighted by Gasteiger charge is -2.38. The highest BCUT2D eigenvalue weighted by Crippen LogP contribution is 2.41. The summed E-state index contributed by atoms with van der Waals surface area (Å²) in [6.07, 6.45) is 7.05. The number of aliphatic imine (C=N–C) groups is 1. The second-order valence-electron chi connectivity index (χ2n) is 6.16. The zero-order valence-corrected chi connectivity index (χ0v) is 12.9. The van der Waals surface area contributed by atoms with Gasteiger partial charge in [-0.25, -0.2) is 0 Å². The van der Waals surface area contributed by atoms with Crippen LogP contribution >= 0.6 is 11.8 Å². The zero-order chi connectivity index (χ0) is 13.0. The Balaban J connectivity index is 1.79. The molecule has 0 aromatic carbocycles. The highest BCUT2D eigenvalue weighted by molar-refractivity contribution is 8.13. The summed E-state index contributed by atoms with van der Waals surface area (Å²) in [6.45, 7) is 4.29. The molecule has 1 saturated carbocycles. The maximum atomic E-state index is 4.79. The fraction of sp³-hybridized carbons (Fsp3) is 0.929. The van der Waals surface area contributed by atoms with Crippen molar-refractivity contribution in [1.82, 2.24) is 10.2 Å². The van der Waals surface area contributed by atoms with E-state index in [4.69, 9.17) is 4.99 Å². The number of nitrogens with one attached hydrogen (secondary N) is 1. The van der Waals surface area contributed by atoms with Crippen LogP contribution in [0.1, 0.15) is 39.0 Å². The van der Waals surface area contributed by atoms with Crippen LogP contribution < -0.4 is 5.32 Å². The first kappa shape index (κ1) is 14.2. The first-order chi connectivity index (χ1) is 8.61. The monoisotopic (exact) mass is 269 g/mol.